The van der Waals surface area contributed by atoms with E-state index in [0.717, 1.165) is 43.3 Å². The number of benzene rings is 3. The van der Waals surface area contributed by atoms with Gasteiger partial charge in [-0.1, -0.05) is 88.5 Å². The largest absolute Gasteiger partial charge is 0.457 e. The molecule has 0 saturated carbocycles. The number of nitrogens with zero attached hydrogens (tertiary/aromatic N) is 4. The van der Waals surface area contributed by atoms with Crippen LogP contribution in [0.5, 0.6) is 11.5 Å². The maximum absolute atomic E-state index is 13.3. The van der Waals surface area contributed by atoms with Gasteiger partial charge in [-0.15, -0.1) is 0 Å². The van der Waals surface area contributed by atoms with E-state index in [1.54, 1.807) is 42.7 Å². The first-order valence-electron chi connectivity index (χ1n) is 14.2. The Morgan fingerprint density at radius 2 is 1.42 bits per heavy atom. The van der Waals surface area contributed by atoms with Crippen molar-refractivity contribution in [3.05, 3.63) is 116 Å². The molecule has 0 amide bonds. The van der Waals surface area contributed by atoms with Crippen LogP contribution in [0, 0.1) is 0 Å². The van der Waals surface area contributed by atoms with Gasteiger partial charge in [0.2, 0.25) is 0 Å². The number of ether oxygens (including phenoxy) is 1. The lowest BCUT2D eigenvalue weighted by Gasteiger charge is -2.38. The van der Waals surface area contributed by atoms with Gasteiger partial charge in [-0.25, -0.2) is 4.98 Å². The summed E-state index contributed by atoms with van der Waals surface area (Å²) in [6.07, 6.45) is 7.23. The second-order valence-electron chi connectivity index (χ2n) is 12.1. The summed E-state index contributed by atoms with van der Waals surface area (Å²) in [4.78, 5) is 5.22. The molecule has 3 heterocycles. The number of aromatic nitrogens is 4. The third-order valence-corrected chi connectivity index (χ3v) is 15.2. The van der Waals surface area contributed by atoms with Crippen LogP contribution >= 0.6 is 0 Å². The molecule has 0 unspecified atom stereocenters. The minimum atomic E-state index is -3.84. The fourth-order valence-corrected chi connectivity index (χ4v) is 7.98. The summed E-state index contributed by atoms with van der Waals surface area (Å²) in [5, 5.41) is 5.26. The van der Waals surface area contributed by atoms with E-state index in [9.17, 15) is 8.42 Å². The van der Waals surface area contributed by atoms with Gasteiger partial charge in [-0.2, -0.15) is 17.6 Å². The molecule has 0 fully saturated rings. The van der Waals surface area contributed by atoms with Crippen LogP contribution in [0.1, 0.15) is 20.8 Å². The van der Waals surface area contributed by atoms with E-state index in [-0.39, 0.29) is 9.93 Å². The molecule has 0 atom stereocenters. The third-order valence-electron chi connectivity index (χ3n) is 8.41. The topological polar surface area (TPSA) is 79.0 Å². The molecule has 6 aromatic rings. The number of para-hydroxylation sites is 2. The Morgan fingerprint density at radius 1 is 0.767 bits per heavy atom. The van der Waals surface area contributed by atoms with Gasteiger partial charge in [0.1, 0.15) is 17.1 Å². The molecule has 7 nitrogen and oxygen atoms in total. The van der Waals surface area contributed by atoms with Crippen LogP contribution in [0.25, 0.3) is 33.3 Å². The molecule has 0 N–H and O–H groups in total. The fourth-order valence-electron chi connectivity index (χ4n) is 4.96. The Labute approximate surface area is 253 Å². The summed E-state index contributed by atoms with van der Waals surface area (Å²) in [6, 6.07) is 28.1. The first-order valence-corrected chi connectivity index (χ1v) is 18.5. The molecule has 43 heavy (non-hydrogen) atoms. The van der Waals surface area contributed by atoms with Crippen LogP contribution in [0.3, 0.4) is 0 Å². The standard InChI is InChI=1S/C34H34N4O3SSi/c1-34(2,3)43(4,5)37-24-31(26-22-36-38(23-26)42(39,40)28-16-10-7-11-17-28)30-20-25(21-35-33(30)37)29-18-12-13-19-32(29)41-27-14-8-6-9-15-27/h6-24H,1-5H3. The highest BCUT2D eigenvalue weighted by molar-refractivity contribution is 7.89. The van der Waals surface area contributed by atoms with Gasteiger partial charge >= 0.3 is 0 Å². The summed E-state index contributed by atoms with van der Waals surface area (Å²) in [7, 11) is -5.95. The van der Waals surface area contributed by atoms with Gasteiger partial charge in [0.25, 0.3) is 10.0 Å². The fraction of sp³-hybridized carbons (Fsp3) is 0.176. The zero-order valence-electron chi connectivity index (χ0n) is 24.9. The number of hydrogen-bond donors (Lipinski definition) is 0. The first-order chi connectivity index (χ1) is 20.5. The Balaban J connectivity index is 1.52. The summed E-state index contributed by atoms with van der Waals surface area (Å²) in [5.74, 6) is 1.47. The number of pyridine rings is 1. The van der Waals surface area contributed by atoms with Crippen molar-refractivity contribution in [3.8, 4) is 33.8 Å². The van der Waals surface area contributed by atoms with Crippen molar-refractivity contribution < 1.29 is 13.2 Å². The van der Waals surface area contributed by atoms with Crippen molar-refractivity contribution in [2.24, 2.45) is 0 Å². The van der Waals surface area contributed by atoms with E-state index in [0.29, 0.717) is 5.56 Å². The van der Waals surface area contributed by atoms with E-state index < -0.39 is 18.3 Å². The average molecular weight is 607 g/mol. The second-order valence-corrected chi connectivity index (χ2v) is 19.0. The lowest BCUT2D eigenvalue weighted by Crippen LogP contribution is -2.45. The van der Waals surface area contributed by atoms with Crippen LogP contribution in [0.2, 0.25) is 18.1 Å². The van der Waals surface area contributed by atoms with Crippen LogP contribution in [0.4, 0.5) is 0 Å². The SMILES string of the molecule is CC(C)(C)[Si](C)(C)n1cc(-c2cnn(S(=O)(=O)c3ccccc3)c2)c2cc(-c3ccccc3Oc3ccccc3)cnc21. The van der Waals surface area contributed by atoms with Crippen molar-refractivity contribution in [2.75, 3.05) is 0 Å². The minimum absolute atomic E-state index is 0.0352. The van der Waals surface area contributed by atoms with Gasteiger partial charge < -0.3 is 8.97 Å². The molecule has 0 saturated heterocycles. The molecular weight excluding hydrogens is 573 g/mol. The highest BCUT2D eigenvalue weighted by Crippen LogP contribution is 2.42. The molecular formula is C34H34N4O3SSi. The summed E-state index contributed by atoms with van der Waals surface area (Å²) in [5.41, 5.74) is 4.26. The van der Waals surface area contributed by atoms with Crippen molar-refractivity contribution >= 4 is 29.3 Å². The maximum atomic E-state index is 13.3. The van der Waals surface area contributed by atoms with Crippen molar-refractivity contribution in [1.82, 2.24) is 18.4 Å². The quantitative estimate of drug-likeness (QED) is 0.170. The zero-order chi connectivity index (χ0) is 30.4. The smallest absolute Gasteiger partial charge is 0.282 e. The summed E-state index contributed by atoms with van der Waals surface area (Å²) < 4.78 is 36.3. The Hall–Kier alpha value is -4.47. The Kier molecular flexibility index (Phi) is 7.10. The Morgan fingerprint density at radius 3 is 2.12 bits per heavy atom. The predicted octanol–water partition coefficient (Wildman–Crippen LogP) is 8.45. The highest BCUT2D eigenvalue weighted by Gasteiger charge is 2.39. The molecule has 0 spiro atoms. The number of rotatable bonds is 7. The van der Waals surface area contributed by atoms with Crippen LogP contribution in [0.15, 0.2) is 121 Å². The van der Waals surface area contributed by atoms with Gasteiger partial charge in [0.05, 0.1) is 17.3 Å². The van der Waals surface area contributed by atoms with Crippen LogP contribution < -0.4 is 4.74 Å². The van der Waals surface area contributed by atoms with Gasteiger partial charge in [0, 0.05) is 40.0 Å². The lowest BCUT2D eigenvalue weighted by atomic mass is 10.0. The normalized spacial score (nSPS) is 12.5. The van der Waals surface area contributed by atoms with Crippen LogP contribution in [-0.2, 0) is 10.0 Å². The molecule has 218 valence electrons. The van der Waals surface area contributed by atoms with Gasteiger partial charge in [-0.3, -0.25) is 0 Å². The molecule has 9 heteroatoms. The maximum Gasteiger partial charge on any atom is 0.282 e. The van der Waals surface area contributed by atoms with Crippen molar-refractivity contribution in [3.63, 3.8) is 0 Å². The third kappa shape index (κ3) is 5.19. The Bertz CT molecular complexity index is 2030. The minimum Gasteiger partial charge on any atom is -0.457 e. The van der Waals surface area contributed by atoms with Crippen molar-refractivity contribution in [2.45, 2.75) is 43.8 Å². The van der Waals surface area contributed by atoms with Gasteiger partial charge in [0.15, 0.2) is 8.24 Å². The predicted molar refractivity (Wildman–Crippen MR) is 175 cm³/mol. The van der Waals surface area contributed by atoms with E-state index in [2.05, 4.69) is 55.5 Å². The molecule has 3 aromatic heterocycles. The van der Waals surface area contributed by atoms with Crippen molar-refractivity contribution in [1.29, 1.82) is 0 Å². The van der Waals surface area contributed by atoms with E-state index in [4.69, 9.17) is 9.72 Å². The molecule has 0 bridgehead atoms. The molecule has 0 aliphatic rings. The molecule has 0 aliphatic carbocycles. The average Bonchev–Trinajstić information content (AvgIpc) is 3.64. The summed E-state index contributed by atoms with van der Waals surface area (Å²) >= 11 is 0. The van der Waals surface area contributed by atoms with E-state index >= 15 is 0 Å². The summed E-state index contributed by atoms with van der Waals surface area (Å²) in [6.45, 7) is 11.5. The first kappa shape index (κ1) is 28.6. The lowest BCUT2D eigenvalue weighted by molar-refractivity contribution is 0.484. The molecule has 0 aliphatic heterocycles. The number of fused-ring (bicyclic) bond motifs is 1. The van der Waals surface area contributed by atoms with Crippen LogP contribution in [-0.4, -0.2) is 35.1 Å². The molecule has 0 radical (unpaired) electrons. The highest BCUT2D eigenvalue weighted by atomic mass is 32.2. The van der Waals surface area contributed by atoms with E-state index in [1.807, 2.05) is 60.8 Å². The zero-order valence-corrected chi connectivity index (χ0v) is 26.7. The molecule has 3 aromatic carbocycles. The monoisotopic (exact) mass is 606 g/mol. The van der Waals surface area contributed by atoms with E-state index in [1.165, 1.54) is 0 Å². The molecule has 6 rings (SSSR count). The van der Waals surface area contributed by atoms with Gasteiger partial charge in [-0.05, 0) is 41.4 Å². The second kappa shape index (κ2) is 10.7. The number of hydrogen-bond acceptors (Lipinski definition) is 5.